The highest BCUT2D eigenvalue weighted by atomic mass is 32.2. The second-order valence-electron chi connectivity index (χ2n) is 2.49. The van der Waals surface area contributed by atoms with Gasteiger partial charge in [0.2, 0.25) is 0 Å². The number of hydrogen-bond donors (Lipinski definition) is 0. The molecule has 1 rings (SSSR count). The smallest absolute Gasteiger partial charge is 0.270 e. The van der Waals surface area contributed by atoms with Crippen molar-refractivity contribution < 1.29 is 21.4 Å². The van der Waals surface area contributed by atoms with Crippen LogP contribution in [-0.2, 0) is 14.3 Å². The largest absolute Gasteiger partial charge is 0.296 e. The van der Waals surface area contributed by atoms with Crippen molar-refractivity contribution in [3.05, 3.63) is 29.8 Å². The summed E-state index contributed by atoms with van der Waals surface area (Å²) in [7, 11) is -2.78. The Morgan fingerprint density at radius 2 is 1.71 bits per heavy atom. The molecule has 1 aromatic carbocycles. The van der Waals surface area contributed by atoms with Crippen LogP contribution >= 0.6 is 0 Å². The van der Waals surface area contributed by atoms with Crippen LogP contribution < -0.4 is 0 Å². The van der Waals surface area contributed by atoms with E-state index >= 15 is 0 Å². The first kappa shape index (κ1) is 11.1. The van der Waals surface area contributed by atoms with E-state index in [0.29, 0.717) is 0 Å². The SMILES string of the molecule is COS(=O)(=O)c1ccc(C(F)F)cc1. The summed E-state index contributed by atoms with van der Waals surface area (Å²) in [5.74, 6) is 0. The second kappa shape index (κ2) is 4.02. The number of rotatable bonds is 3. The van der Waals surface area contributed by atoms with Crippen molar-refractivity contribution in [2.75, 3.05) is 7.11 Å². The highest BCUT2D eigenvalue weighted by Gasteiger charge is 2.14. The number of benzene rings is 1. The minimum absolute atomic E-state index is 0.135. The lowest BCUT2D eigenvalue weighted by Gasteiger charge is -2.02. The molecular weight excluding hydrogens is 214 g/mol. The van der Waals surface area contributed by atoms with Gasteiger partial charge in [-0.1, -0.05) is 12.1 Å². The fourth-order valence-corrected chi connectivity index (χ4v) is 1.54. The Morgan fingerprint density at radius 3 is 2.07 bits per heavy atom. The van der Waals surface area contributed by atoms with Crippen LogP contribution in [0.4, 0.5) is 8.78 Å². The zero-order valence-electron chi connectivity index (χ0n) is 7.28. The second-order valence-corrected chi connectivity index (χ2v) is 4.20. The molecule has 1 aromatic rings. The van der Waals surface area contributed by atoms with Gasteiger partial charge in [0.1, 0.15) is 0 Å². The molecule has 0 bridgehead atoms. The van der Waals surface area contributed by atoms with E-state index < -0.39 is 16.5 Å². The summed E-state index contributed by atoms with van der Waals surface area (Å²) in [6.45, 7) is 0. The lowest BCUT2D eigenvalue weighted by Crippen LogP contribution is -2.02. The van der Waals surface area contributed by atoms with E-state index in [-0.39, 0.29) is 10.5 Å². The maximum Gasteiger partial charge on any atom is 0.296 e. The first-order valence-electron chi connectivity index (χ1n) is 3.66. The molecule has 78 valence electrons. The Kier molecular flexibility index (Phi) is 3.17. The van der Waals surface area contributed by atoms with E-state index in [0.717, 1.165) is 31.4 Å². The lowest BCUT2D eigenvalue weighted by molar-refractivity contribution is 0.151. The predicted molar refractivity (Wildman–Crippen MR) is 45.6 cm³/mol. The molecule has 0 atom stereocenters. The van der Waals surface area contributed by atoms with Crippen LogP contribution in [-0.4, -0.2) is 15.5 Å². The molecule has 3 nitrogen and oxygen atoms in total. The molecule has 0 radical (unpaired) electrons. The van der Waals surface area contributed by atoms with E-state index in [4.69, 9.17) is 0 Å². The molecular formula is C8H8F2O3S. The van der Waals surface area contributed by atoms with Crippen LogP contribution in [0.5, 0.6) is 0 Å². The Hall–Kier alpha value is -1.01. The van der Waals surface area contributed by atoms with E-state index in [2.05, 4.69) is 4.18 Å². The van der Waals surface area contributed by atoms with Gasteiger partial charge in [-0.05, 0) is 12.1 Å². The summed E-state index contributed by atoms with van der Waals surface area (Å²) in [6, 6.07) is 4.27. The molecule has 0 unspecified atom stereocenters. The quantitative estimate of drug-likeness (QED) is 0.734. The molecule has 0 amide bonds. The number of alkyl halides is 2. The summed E-state index contributed by atoms with van der Waals surface area (Å²) in [5.41, 5.74) is -0.222. The Labute approximate surface area is 80.4 Å². The first-order valence-corrected chi connectivity index (χ1v) is 5.07. The van der Waals surface area contributed by atoms with Gasteiger partial charge < -0.3 is 0 Å². The van der Waals surface area contributed by atoms with Gasteiger partial charge in [-0.25, -0.2) is 8.78 Å². The van der Waals surface area contributed by atoms with Gasteiger partial charge in [0.15, 0.2) is 0 Å². The number of hydrogen-bond acceptors (Lipinski definition) is 3. The van der Waals surface area contributed by atoms with E-state index in [9.17, 15) is 17.2 Å². The normalized spacial score (nSPS) is 12.0. The molecule has 0 spiro atoms. The van der Waals surface area contributed by atoms with E-state index in [1.165, 1.54) is 0 Å². The first-order chi connectivity index (χ1) is 6.47. The van der Waals surface area contributed by atoms with Crippen LogP contribution in [0.2, 0.25) is 0 Å². The molecule has 0 aromatic heterocycles. The van der Waals surface area contributed by atoms with Gasteiger partial charge in [-0.3, -0.25) is 4.18 Å². The molecule has 0 heterocycles. The fourth-order valence-electron chi connectivity index (χ4n) is 0.876. The standard InChI is InChI=1S/C8H8F2O3S/c1-13-14(11,12)7-4-2-6(3-5-7)8(9)10/h2-5,8H,1H3. The summed E-state index contributed by atoms with van der Waals surface area (Å²) in [4.78, 5) is -0.135. The maximum atomic E-state index is 12.1. The predicted octanol–water partition coefficient (Wildman–Crippen LogP) is 1.96. The monoisotopic (exact) mass is 222 g/mol. The number of halogens is 2. The Balaban J connectivity index is 3.06. The van der Waals surface area contributed by atoms with Crippen molar-refractivity contribution in [3.8, 4) is 0 Å². The van der Waals surface area contributed by atoms with Gasteiger partial charge in [0.05, 0.1) is 12.0 Å². The molecule has 0 fully saturated rings. The maximum absolute atomic E-state index is 12.1. The van der Waals surface area contributed by atoms with Crippen molar-refractivity contribution in [2.24, 2.45) is 0 Å². The summed E-state index contributed by atoms with van der Waals surface area (Å²) >= 11 is 0. The summed E-state index contributed by atoms with van der Waals surface area (Å²) in [5, 5.41) is 0. The third-order valence-electron chi connectivity index (χ3n) is 1.64. The average molecular weight is 222 g/mol. The van der Waals surface area contributed by atoms with Crippen LogP contribution in [0.1, 0.15) is 12.0 Å². The van der Waals surface area contributed by atoms with Crippen molar-refractivity contribution in [2.45, 2.75) is 11.3 Å². The van der Waals surface area contributed by atoms with Crippen molar-refractivity contribution in [1.29, 1.82) is 0 Å². The highest BCUT2D eigenvalue weighted by Crippen LogP contribution is 2.20. The minimum Gasteiger partial charge on any atom is -0.270 e. The third kappa shape index (κ3) is 2.27. The molecule has 14 heavy (non-hydrogen) atoms. The van der Waals surface area contributed by atoms with E-state index in [1.807, 2.05) is 0 Å². The zero-order chi connectivity index (χ0) is 10.8. The zero-order valence-corrected chi connectivity index (χ0v) is 8.09. The van der Waals surface area contributed by atoms with Crippen molar-refractivity contribution in [1.82, 2.24) is 0 Å². The summed E-state index contributed by atoms with van der Waals surface area (Å²) < 4.78 is 50.5. The van der Waals surface area contributed by atoms with Crippen molar-refractivity contribution >= 4 is 10.1 Å². The van der Waals surface area contributed by atoms with Gasteiger partial charge in [-0.2, -0.15) is 8.42 Å². The molecule has 0 aliphatic rings. The minimum atomic E-state index is -3.79. The molecule has 0 saturated carbocycles. The molecule has 0 aliphatic heterocycles. The Bertz CT molecular complexity index is 397. The average Bonchev–Trinajstić information content (AvgIpc) is 2.18. The Morgan fingerprint density at radius 1 is 1.21 bits per heavy atom. The molecule has 6 heteroatoms. The highest BCUT2D eigenvalue weighted by molar-refractivity contribution is 7.86. The molecule has 0 saturated heterocycles. The molecule has 0 aliphatic carbocycles. The van der Waals surface area contributed by atoms with Crippen LogP contribution in [0.25, 0.3) is 0 Å². The van der Waals surface area contributed by atoms with Gasteiger partial charge >= 0.3 is 0 Å². The lowest BCUT2D eigenvalue weighted by atomic mass is 10.2. The summed E-state index contributed by atoms with van der Waals surface area (Å²) in [6.07, 6.45) is -2.60. The van der Waals surface area contributed by atoms with Crippen LogP contribution in [0.15, 0.2) is 29.2 Å². The van der Waals surface area contributed by atoms with Gasteiger partial charge in [-0.15, -0.1) is 0 Å². The van der Waals surface area contributed by atoms with Crippen molar-refractivity contribution in [3.63, 3.8) is 0 Å². The van der Waals surface area contributed by atoms with Crippen LogP contribution in [0.3, 0.4) is 0 Å². The topological polar surface area (TPSA) is 43.4 Å². The van der Waals surface area contributed by atoms with Gasteiger partial charge in [0.25, 0.3) is 16.5 Å². The third-order valence-corrected chi connectivity index (χ3v) is 2.93. The van der Waals surface area contributed by atoms with Crippen LogP contribution in [0, 0.1) is 0 Å². The van der Waals surface area contributed by atoms with E-state index in [1.54, 1.807) is 0 Å². The molecule has 0 N–H and O–H groups in total. The van der Waals surface area contributed by atoms with Gasteiger partial charge in [0, 0.05) is 5.56 Å². The fraction of sp³-hybridized carbons (Fsp3) is 0.250.